The first-order valence-corrected chi connectivity index (χ1v) is 6.77. The number of fused-ring (bicyclic) bond motifs is 1. The number of imidazole rings is 1. The van der Waals surface area contributed by atoms with Crippen LogP contribution in [0.1, 0.15) is 5.82 Å². The Hall–Kier alpha value is -1.92. The maximum atomic E-state index is 13.2. The summed E-state index contributed by atoms with van der Waals surface area (Å²) in [5, 5.41) is 9.89. The summed E-state index contributed by atoms with van der Waals surface area (Å²) in [5.41, 5.74) is 0.372. The van der Waals surface area contributed by atoms with Gasteiger partial charge in [0.2, 0.25) is 5.82 Å². The number of benzene rings is 2. The number of hydrogen-bond acceptors (Lipinski definition) is 2. The van der Waals surface area contributed by atoms with Crippen molar-refractivity contribution in [3.05, 3.63) is 52.3 Å². The predicted octanol–water partition coefficient (Wildman–Crippen LogP) is 5.06. The fraction of sp³-hybridized carbons (Fsp3) is 0.0714. The highest BCUT2D eigenvalue weighted by atomic mass is 35.5. The molecular formula is C14H7Cl2F3N2O. The minimum atomic E-state index is -4.67. The zero-order valence-corrected chi connectivity index (χ0v) is 12.2. The van der Waals surface area contributed by atoms with E-state index in [2.05, 4.69) is 4.98 Å². The van der Waals surface area contributed by atoms with Crippen molar-refractivity contribution in [3.63, 3.8) is 0 Å². The van der Waals surface area contributed by atoms with Gasteiger partial charge in [-0.05, 0) is 30.3 Å². The number of phenolic OH excluding ortho intramolecular Hbond substituents is 1. The molecule has 0 aliphatic heterocycles. The standard InChI is InChI=1S/C14H7Cl2F3N2O/c15-9-3-1-7(5-10(9)16)21-12-6-8(22)2-4-11(12)20-13(21)14(17,18)19/h1-6,22H. The molecule has 8 heteroatoms. The highest BCUT2D eigenvalue weighted by Crippen LogP contribution is 2.36. The van der Waals surface area contributed by atoms with Crippen molar-refractivity contribution in [3.8, 4) is 11.4 Å². The largest absolute Gasteiger partial charge is 0.508 e. The van der Waals surface area contributed by atoms with Crippen molar-refractivity contribution < 1.29 is 18.3 Å². The zero-order valence-electron chi connectivity index (χ0n) is 10.7. The molecule has 3 aromatic rings. The maximum Gasteiger partial charge on any atom is 0.450 e. The van der Waals surface area contributed by atoms with Gasteiger partial charge in [0.05, 0.1) is 21.1 Å². The summed E-state index contributed by atoms with van der Waals surface area (Å²) in [4.78, 5) is 3.60. The molecule has 0 saturated carbocycles. The zero-order chi connectivity index (χ0) is 16.1. The summed E-state index contributed by atoms with van der Waals surface area (Å²) in [5.74, 6) is -1.27. The van der Waals surface area contributed by atoms with E-state index in [1.165, 1.54) is 36.4 Å². The van der Waals surface area contributed by atoms with E-state index in [-0.39, 0.29) is 32.5 Å². The van der Waals surface area contributed by atoms with Crippen molar-refractivity contribution in [1.82, 2.24) is 9.55 Å². The quantitative estimate of drug-likeness (QED) is 0.668. The van der Waals surface area contributed by atoms with Crippen LogP contribution in [0.15, 0.2) is 36.4 Å². The number of rotatable bonds is 1. The SMILES string of the molecule is Oc1ccc2nc(C(F)(F)F)n(-c3ccc(Cl)c(Cl)c3)c2c1. The first-order valence-electron chi connectivity index (χ1n) is 6.01. The summed E-state index contributed by atoms with van der Waals surface area (Å²) >= 11 is 11.7. The molecule has 0 aliphatic carbocycles. The van der Waals surface area contributed by atoms with E-state index in [0.29, 0.717) is 0 Å². The lowest BCUT2D eigenvalue weighted by Crippen LogP contribution is -2.13. The van der Waals surface area contributed by atoms with E-state index in [0.717, 1.165) is 4.57 Å². The molecule has 2 aromatic carbocycles. The van der Waals surface area contributed by atoms with Crippen molar-refractivity contribution >= 4 is 34.2 Å². The molecule has 0 amide bonds. The number of hydrogen-bond donors (Lipinski definition) is 1. The van der Waals surface area contributed by atoms with Crippen molar-refractivity contribution in [2.24, 2.45) is 0 Å². The molecule has 22 heavy (non-hydrogen) atoms. The minimum absolute atomic E-state index is 0.108. The molecule has 0 fully saturated rings. The predicted molar refractivity (Wildman–Crippen MR) is 77.8 cm³/mol. The molecule has 0 spiro atoms. The van der Waals surface area contributed by atoms with Gasteiger partial charge in [-0.15, -0.1) is 0 Å². The van der Waals surface area contributed by atoms with E-state index < -0.39 is 12.0 Å². The Morgan fingerprint density at radius 2 is 1.73 bits per heavy atom. The molecule has 114 valence electrons. The first-order chi connectivity index (χ1) is 10.3. The Kier molecular flexibility index (Phi) is 3.45. The normalized spacial score (nSPS) is 12.0. The van der Waals surface area contributed by atoms with E-state index in [9.17, 15) is 18.3 Å². The Morgan fingerprint density at radius 1 is 1.00 bits per heavy atom. The fourth-order valence-corrected chi connectivity index (χ4v) is 2.43. The van der Waals surface area contributed by atoms with Crippen LogP contribution in [0.4, 0.5) is 13.2 Å². The van der Waals surface area contributed by atoms with Gasteiger partial charge in [-0.2, -0.15) is 13.2 Å². The third-order valence-electron chi connectivity index (χ3n) is 3.05. The van der Waals surface area contributed by atoms with Crippen LogP contribution in [0, 0.1) is 0 Å². The first kappa shape index (κ1) is 15.0. The number of aromatic nitrogens is 2. The van der Waals surface area contributed by atoms with Gasteiger partial charge in [-0.25, -0.2) is 4.98 Å². The Balaban J connectivity index is 2.38. The van der Waals surface area contributed by atoms with Gasteiger partial charge < -0.3 is 5.11 Å². The molecule has 0 bridgehead atoms. The Bertz CT molecular complexity index is 874. The Morgan fingerprint density at radius 3 is 2.36 bits per heavy atom. The van der Waals surface area contributed by atoms with Crippen LogP contribution >= 0.6 is 23.2 Å². The van der Waals surface area contributed by atoms with Gasteiger partial charge in [0.1, 0.15) is 5.75 Å². The molecular weight excluding hydrogens is 340 g/mol. The molecule has 1 heterocycles. The van der Waals surface area contributed by atoms with Gasteiger partial charge in [-0.3, -0.25) is 4.57 Å². The third-order valence-corrected chi connectivity index (χ3v) is 3.79. The highest BCUT2D eigenvalue weighted by Gasteiger charge is 2.38. The van der Waals surface area contributed by atoms with Gasteiger partial charge in [0.15, 0.2) is 0 Å². The third kappa shape index (κ3) is 2.48. The van der Waals surface area contributed by atoms with Crippen molar-refractivity contribution in [2.75, 3.05) is 0 Å². The van der Waals surface area contributed by atoms with E-state index in [1.54, 1.807) is 0 Å². The topological polar surface area (TPSA) is 38.1 Å². The summed E-state index contributed by atoms with van der Waals surface area (Å²) in [6, 6.07) is 7.90. The average Bonchev–Trinajstić information content (AvgIpc) is 2.80. The lowest BCUT2D eigenvalue weighted by Gasteiger charge is -2.12. The molecule has 1 N–H and O–H groups in total. The lowest BCUT2D eigenvalue weighted by molar-refractivity contribution is -0.145. The van der Waals surface area contributed by atoms with Crippen LogP contribution in [0.2, 0.25) is 10.0 Å². The summed E-state index contributed by atoms with van der Waals surface area (Å²) in [6.07, 6.45) is -4.67. The van der Waals surface area contributed by atoms with Gasteiger partial charge in [0.25, 0.3) is 0 Å². The second-order valence-corrected chi connectivity index (χ2v) is 5.35. The molecule has 3 rings (SSSR count). The highest BCUT2D eigenvalue weighted by molar-refractivity contribution is 6.42. The van der Waals surface area contributed by atoms with Gasteiger partial charge in [0, 0.05) is 11.8 Å². The van der Waals surface area contributed by atoms with Crippen molar-refractivity contribution in [2.45, 2.75) is 6.18 Å². The molecule has 3 nitrogen and oxygen atoms in total. The van der Waals surface area contributed by atoms with E-state index in [4.69, 9.17) is 23.2 Å². The molecule has 1 aromatic heterocycles. The number of halogens is 5. The van der Waals surface area contributed by atoms with Crippen molar-refractivity contribution in [1.29, 1.82) is 0 Å². The fourth-order valence-electron chi connectivity index (χ4n) is 2.14. The lowest BCUT2D eigenvalue weighted by atomic mass is 10.2. The molecule has 0 atom stereocenters. The van der Waals surface area contributed by atoms with Crippen LogP contribution in [0.5, 0.6) is 5.75 Å². The smallest absolute Gasteiger partial charge is 0.450 e. The number of alkyl halides is 3. The minimum Gasteiger partial charge on any atom is -0.508 e. The Labute approximate surface area is 132 Å². The summed E-state index contributed by atoms with van der Waals surface area (Å²) < 4.78 is 40.6. The molecule has 0 radical (unpaired) electrons. The monoisotopic (exact) mass is 346 g/mol. The maximum absolute atomic E-state index is 13.2. The average molecular weight is 347 g/mol. The molecule has 0 unspecified atom stereocenters. The molecule has 0 aliphatic rings. The van der Waals surface area contributed by atoms with Crippen LogP contribution < -0.4 is 0 Å². The number of phenols is 1. The number of aromatic hydroxyl groups is 1. The van der Waals surface area contributed by atoms with Crippen LogP contribution in [-0.4, -0.2) is 14.7 Å². The summed E-state index contributed by atoms with van der Waals surface area (Å²) in [6.45, 7) is 0. The number of nitrogens with zero attached hydrogens (tertiary/aromatic N) is 2. The second kappa shape index (κ2) is 5.07. The second-order valence-electron chi connectivity index (χ2n) is 4.54. The van der Waals surface area contributed by atoms with Gasteiger partial charge in [-0.1, -0.05) is 23.2 Å². The van der Waals surface area contributed by atoms with Crippen LogP contribution in [0.3, 0.4) is 0 Å². The van der Waals surface area contributed by atoms with Crippen LogP contribution in [0.25, 0.3) is 16.7 Å². The van der Waals surface area contributed by atoms with E-state index in [1.807, 2.05) is 0 Å². The van der Waals surface area contributed by atoms with Crippen LogP contribution in [-0.2, 0) is 6.18 Å². The summed E-state index contributed by atoms with van der Waals surface area (Å²) in [7, 11) is 0. The van der Waals surface area contributed by atoms with Gasteiger partial charge >= 0.3 is 6.18 Å². The van der Waals surface area contributed by atoms with E-state index >= 15 is 0 Å². The molecule has 0 saturated heterocycles.